The molecular weight excluding hydrogens is 256 g/mol. The molecule has 0 heterocycles. The van der Waals surface area contributed by atoms with Crippen molar-refractivity contribution >= 4 is 17.4 Å². The third kappa shape index (κ3) is 3.24. The molecule has 0 aliphatic rings. The number of benzene rings is 2. The summed E-state index contributed by atoms with van der Waals surface area (Å²) >= 11 is 6.01. The Morgan fingerprint density at radius 1 is 1.05 bits per heavy atom. The molecule has 0 saturated heterocycles. The van der Waals surface area contributed by atoms with Gasteiger partial charge in [-0.15, -0.1) is 0 Å². The van der Waals surface area contributed by atoms with E-state index in [2.05, 4.69) is 0 Å². The Labute approximate surface area is 119 Å². The van der Waals surface area contributed by atoms with Crippen molar-refractivity contribution in [3.63, 3.8) is 0 Å². The zero-order chi connectivity index (χ0) is 14.0. The first-order chi connectivity index (χ1) is 8.97. The van der Waals surface area contributed by atoms with Gasteiger partial charge in [0.05, 0.1) is 0 Å². The second kappa shape index (κ2) is 5.58. The standard InChI is InChI=1S/C17H17ClO/c1-11-7-14(9-15(18)8-11)17(19)10-16-12(2)5-4-6-13(16)3/h4-9H,10H2,1-3H3. The fourth-order valence-electron chi connectivity index (χ4n) is 2.29. The van der Waals surface area contributed by atoms with E-state index < -0.39 is 0 Å². The first-order valence-corrected chi connectivity index (χ1v) is 6.70. The maximum atomic E-state index is 12.4. The van der Waals surface area contributed by atoms with Crippen LogP contribution < -0.4 is 0 Å². The molecule has 0 spiro atoms. The number of carbonyl (C=O) groups excluding carboxylic acids is 1. The van der Waals surface area contributed by atoms with Gasteiger partial charge in [-0.05, 0) is 61.2 Å². The van der Waals surface area contributed by atoms with Crippen LogP contribution in [0.5, 0.6) is 0 Å². The molecular formula is C17H17ClO. The predicted molar refractivity (Wildman–Crippen MR) is 80.1 cm³/mol. The van der Waals surface area contributed by atoms with E-state index in [-0.39, 0.29) is 5.78 Å². The molecule has 0 unspecified atom stereocenters. The Morgan fingerprint density at radius 2 is 1.68 bits per heavy atom. The Bertz CT molecular complexity index is 589. The smallest absolute Gasteiger partial charge is 0.167 e. The first kappa shape index (κ1) is 13.8. The van der Waals surface area contributed by atoms with Gasteiger partial charge in [0, 0.05) is 17.0 Å². The van der Waals surface area contributed by atoms with Crippen LogP contribution in [0.25, 0.3) is 0 Å². The fraction of sp³-hybridized carbons (Fsp3) is 0.235. The number of hydrogen-bond acceptors (Lipinski definition) is 1. The fourth-order valence-corrected chi connectivity index (χ4v) is 2.58. The summed E-state index contributed by atoms with van der Waals surface area (Å²) in [5.41, 5.74) is 5.13. The van der Waals surface area contributed by atoms with E-state index in [9.17, 15) is 4.79 Å². The molecule has 0 aromatic heterocycles. The molecule has 98 valence electrons. The average Bonchev–Trinajstić information content (AvgIpc) is 2.32. The monoisotopic (exact) mass is 272 g/mol. The zero-order valence-electron chi connectivity index (χ0n) is 11.5. The molecule has 0 saturated carbocycles. The van der Waals surface area contributed by atoms with Gasteiger partial charge in [-0.1, -0.05) is 29.8 Å². The molecule has 2 aromatic carbocycles. The largest absolute Gasteiger partial charge is 0.294 e. The number of hydrogen-bond donors (Lipinski definition) is 0. The first-order valence-electron chi connectivity index (χ1n) is 6.33. The summed E-state index contributed by atoms with van der Waals surface area (Å²) in [4.78, 5) is 12.4. The number of rotatable bonds is 3. The van der Waals surface area contributed by atoms with Crippen molar-refractivity contribution in [1.82, 2.24) is 0 Å². The van der Waals surface area contributed by atoms with Gasteiger partial charge < -0.3 is 0 Å². The Balaban J connectivity index is 2.31. The number of halogens is 1. The highest BCUT2D eigenvalue weighted by atomic mass is 35.5. The maximum absolute atomic E-state index is 12.4. The van der Waals surface area contributed by atoms with Crippen LogP contribution in [0.1, 0.15) is 32.6 Å². The summed E-state index contributed by atoms with van der Waals surface area (Å²) in [6.45, 7) is 6.03. The second-order valence-corrected chi connectivity index (χ2v) is 5.42. The average molecular weight is 273 g/mol. The molecule has 2 rings (SSSR count). The van der Waals surface area contributed by atoms with E-state index in [1.807, 2.05) is 51.1 Å². The molecule has 0 aliphatic carbocycles. The lowest BCUT2D eigenvalue weighted by atomic mass is 9.95. The van der Waals surface area contributed by atoms with Gasteiger partial charge in [-0.25, -0.2) is 0 Å². The maximum Gasteiger partial charge on any atom is 0.167 e. The van der Waals surface area contributed by atoms with E-state index in [1.165, 1.54) is 0 Å². The van der Waals surface area contributed by atoms with Crippen molar-refractivity contribution < 1.29 is 4.79 Å². The highest BCUT2D eigenvalue weighted by Crippen LogP contribution is 2.19. The summed E-state index contributed by atoms with van der Waals surface area (Å²) in [5.74, 6) is 0.114. The molecule has 0 bridgehead atoms. The molecule has 0 radical (unpaired) electrons. The topological polar surface area (TPSA) is 17.1 Å². The third-order valence-electron chi connectivity index (χ3n) is 3.35. The van der Waals surface area contributed by atoms with Gasteiger partial charge in [0.15, 0.2) is 5.78 Å². The summed E-state index contributed by atoms with van der Waals surface area (Å²) in [6.07, 6.45) is 0.429. The highest BCUT2D eigenvalue weighted by Gasteiger charge is 2.11. The third-order valence-corrected chi connectivity index (χ3v) is 3.56. The normalized spacial score (nSPS) is 10.5. The number of aryl methyl sites for hydroxylation is 3. The van der Waals surface area contributed by atoms with E-state index in [1.54, 1.807) is 6.07 Å². The lowest BCUT2D eigenvalue weighted by Gasteiger charge is -2.09. The van der Waals surface area contributed by atoms with Crippen molar-refractivity contribution in [1.29, 1.82) is 0 Å². The van der Waals surface area contributed by atoms with Crippen LogP contribution in [-0.2, 0) is 6.42 Å². The number of ketones is 1. The van der Waals surface area contributed by atoms with Crippen molar-refractivity contribution in [2.24, 2.45) is 0 Å². The second-order valence-electron chi connectivity index (χ2n) is 4.99. The van der Waals surface area contributed by atoms with E-state index in [0.717, 1.165) is 22.3 Å². The molecule has 0 amide bonds. The van der Waals surface area contributed by atoms with Crippen LogP contribution in [0.4, 0.5) is 0 Å². The van der Waals surface area contributed by atoms with Crippen molar-refractivity contribution in [2.45, 2.75) is 27.2 Å². The minimum absolute atomic E-state index is 0.114. The van der Waals surface area contributed by atoms with Crippen LogP contribution in [-0.4, -0.2) is 5.78 Å². The van der Waals surface area contributed by atoms with Crippen molar-refractivity contribution in [3.05, 3.63) is 69.2 Å². The Kier molecular flexibility index (Phi) is 4.06. The van der Waals surface area contributed by atoms with E-state index in [4.69, 9.17) is 11.6 Å². The van der Waals surface area contributed by atoms with Gasteiger partial charge in [-0.3, -0.25) is 4.79 Å². The van der Waals surface area contributed by atoms with E-state index in [0.29, 0.717) is 17.0 Å². The van der Waals surface area contributed by atoms with Gasteiger partial charge >= 0.3 is 0 Å². The summed E-state index contributed by atoms with van der Waals surface area (Å²) in [6, 6.07) is 11.6. The minimum atomic E-state index is 0.114. The Hall–Kier alpha value is -1.60. The molecule has 0 N–H and O–H groups in total. The van der Waals surface area contributed by atoms with E-state index >= 15 is 0 Å². The summed E-state index contributed by atoms with van der Waals surface area (Å²) < 4.78 is 0. The van der Waals surface area contributed by atoms with Gasteiger partial charge in [0.2, 0.25) is 0 Å². The van der Waals surface area contributed by atoms with Crippen LogP contribution in [0.15, 0.2) is 36.4 Å². The summed E-state index contributed by atoms with van der Waals surface area (Å²) in [5, 5.41) is 0.616. The van der Waals surface area contributed by atoms with Gasteiger partial charge in [0.1, 0.15) is 0 Å². The number of carbonyl (C=O) groups is 1. The van der Waals surface area contributed by atoms with Crippen LogP contribution in [0, 0.1) is 20.8 Å². The molecule has 2 aromatic rings. The lowest BCUT2D eigenvalue weighted by Crippen LogP contribution is -2.06. The summed E-state index contributed by atoms with van der Waals surface area (Å²) in [7, 11) is 0. The van der Waals surface area contributed by atoms with Crippen molar-refractivity contribution in [3.8, 4) is 0 Å². The van der Waals surface area contributed by atoms with Crippen LogP contribution >= 0.6 is 11.6 Å². The SMILES string of the molecule is Cc1cc(Cl)cc(C(=O)Cc2c(C)cccc2C)c1. The lowest BCUT2D eigenvalue weighted by molar-refractivity contribution is 0.0992. The zero-order valence-corrected chi connectivity index (χ0v) is 12.2. The highest BCUT2D eigenvalue weighted by molar-refractivity contribution is 6.31. The molecule has 0 atom stereocenters. The Morgan fingerprint density at radius 3 is 2.26 bits per heavy atom. The molecule has 1 nitrogen and oxygen atoms in total. The molecule has 2 heteroatoms. The van der Waals surface area contributed by atoms with Gasteiger partial charge in [-0.2, -0.15) is 0 Å². The number of Topliss-reactive ketones (excluding diaryl/α,β-unsaturated/α-hetero) is 1. The molecule has 0 aliphatic heterocycles. The van der Waals surface area contributed by atoms with Crippen LogP contribution in [0.3, 0.4) is 0 Å². The minimum Gasteiger partial charge on any atom is -0.294 e. The predicted octanol–water partition coefficient (Wildman–Crippen LogP) is 4.69. The quantitative estimate of drug-likeness (QED) is 0.741. The molecule has 0 fully saturated rings. The van der Waals surface area contributed by atoms with Crippen LogP contribution in [0.2, 0.25) is 5.02 Å². The van der Waals surface area contributed by atoms with Gasteiger partial charge in [0.25, 0.3) is 0 Å². The van der Waals surface area contributed by atoms with Crippen molar-refractivity contribution in [2.75, 3.05) is 0 Å². The molecule has 19 heavy (non-hydrogen) atoms.